The van der Waals surface area contributed by atoms with Gasteiger partial charge in [0.25, 0.3) is 0 Å². The smallest absolute Gasteiger partial charge is 0.155 e. The van der Waals surface area contributed by atoms with Gasteiger partial charge in [0.05, 0.1) is 25.5 Å². The highest BCUT2D eigenvalue weighted by molar-refractivity contribution is 5.45. The lowest BCUT2D eigenvalue weighted by Crippen LogP contribution is -2.45. The second-order valence-corrected chi connectivity index (χ2v) is 3.71. The number of aliphatic hydroxyl groups excluding tert-OH is 1. The zero-order chi connectivity index (χ0) is 11.4. The van der Waals surface area contributed by atoms with Crippen LogP contribution in [0.25, 0.3) is 0 Å². The third-order valence-electron chi connectivity index (χ3n) is 2.64. The lowest BCUT2D eigenvalue weighted by molar-refractivity contribution is 0.00328. The molecule has 1 aromatic heterocycles. The highest BCUT2D eigenvalue weighted by Crippen LogP contribution is 2.18. The number of hydrogen-bond acceptors (Lipinski definition) is 6. The molecule has 0 saturated carbocycles. The standard InChI is InChI=1S/C10H16N4O2/c11-5-8-1-2-12-13-10(8)14-3-4-16-9(6-14)7-15/h1-2,9,15H,3-7,11H2. The van der Waals surface area contributed by atoms with Gasteiger partial charge in [-0.15, -0.1) is 5.10 Å². The molecule has 0 aromatic carbocycles. The van der Waals surface area contributed by atoms with Gasteiger partial charge in [0.15, 0.2) is 5.82 Å². The van der Waals surface area contributed by atoms with E-state index >= 15 is 0 Å². The van der Waals surface area contributed by atoms with Gasteiger partial charge in [-0.25, -0.2) is 0 Å². The van der Waals surface area contributed by atoms with Crippen LogP contribution in [0.4, 0.5) is 5.82 Å². The van der Waals surface area contributed by atoms with E-state index in [1.54, 1.807) is 6.20 Å². The van der Waals surface area contributed by atoms with Crippen LogP contribution in [0.1, 0.15) is 5.56 Å². The van der Waals surface area contributed by atoms with Crippen LogP contribution >= 0.6 is 0 Å². The van der Waals surface area contributed by atoms with E-state index in [1.807, 2.05) is 6.07 Å². The van der Waals surface area contributed by atoms with Gasteiger partial charge in [0.2, 0.25) is 0 Å². The highest BCUT2D eigenvalue weighted by atomic mass is 16.5. The van der Waals surface area contributed by atoms with Crippen LogP contribution in [0.5, 0.6) is 0 Å². The number of anilines is 1. The third-order valence-corrected chi connectivity index (χ3v) is 2.64. The van der Waals surface area contributed by atoms with Crippen LogP contribution < -0.4 is 10.6 Å². The summed E-state index contributed by atoms with van der Waals surface area (Å²) in [5, 5.41) is 17.0. The third kappa shape index (κ3) is 2.29. The van der Waals surface area contributed by atoms with Gasteiger partial charge in [0.1, 0.15) is 0 Å². The van der Waals surface area contributed by atoms with Crippen molar-refractivity contribution >= 4 is 5.82 Å². The minimum Gasteiger partial charge on any atom is -0.394 e. The summed E-state index contributed by atoms with van der Waals surface area (Å²) in [6.45, 7) is 2.43. The topological polar surface area (TPSA) is 84.5 Å². The van der Waals surface area contributed by atoms with Crippen molar-refractivity contribution in [3.8, 4) is 0 Å². The average molecular weight is 224 g/mol. The largest absolute Gasteiger partial charge is 0.394 e. The van der Waals surface area contributed by atoms with Crippen LogP contribution in [0, 0.1) is 0 Å². The summed E-state index contributed by atoms with van der Waals surface area (Å²) in [5.41, 5.74) is 6.62. The lowest BCUT2D eigenvalue weighted by Gasteiger charge is -2.33. The summed E-state index contributed by atoms with van der Waals surface area (Å²) in [4.78, 5) is 2.06. The van der Waals surface area contributed by atoms with Gasteiger partial charge >= 0.3 is 0 Å². The summed E-state index contributed by atoms with van der Waals surface area (Å²) in [6.07, 6.45) is 1.48. The van der Waals surface area contributed by atoms with Gasteiger partial charge < -0.3 is 20.5 Å². The van der Waals surface area contributed by atoms with Crippen LogP contribution in [-0.4, -0.2) is 47.7 Å². The summed E-state index contributed by atoms with van der Waals surface area (Å²) >= 11 is 0. The number of nitrogens with two attached hydrogens (primary N) is 1. The first kappa shape index (κ1) is 11.3. The minimum atomic E-state index is -0.151. The maximum absolute atomic E-state index is 9.07. The molecule has 1 aromatic rings. The molecule has 1 aliphatic rings. The molecule has 0 spiro atoms. The second kappa shape index (κ2) is 5.20. The fourth-order valence-electron chi connectivity index (χ4n) is 1.80. The van der Waals surface area contributed by atoms with Crippen molar-refractivity contribution in [1.82, 2.24) is 10.2 Å². The Labute approximate surface area is 94.0 Å². The van der Waals surface area contributed by atoms with E-state index in [4.69, 9.17) is 15.6 Å². The lowest BCUT2D eigenvalue weighted by atomic mass is 10.2. The predicted molar refractivity (Wildman–Crippen MR) is 59.0 cm³/mol. The summed E-state index contributed by atoms with van der Waals surface area (Å²) in [5.74, 6) is 0.798. The van der Waals surface area contributed by atoms with Crippen molar-refractivity contribution in [2.24, 2.45) is 5.73 Å². The van der Waals surface area contributed by atoms with Crippen molar-refractivity contribution in [3.05, 3.63) is 17.8 Å². The van der Waals surface area contributed by atoms with Crippen LogP contribution in [0.15, 0.2) is 12.3 Å². The molecule has 1 aliphatic heterocycles. The molecule has 1 fully saturated rings. The van der Waals surface area contributed by atoms with Gasteiger partial charge in [-0.1, -0.05) is 0 Å². The Morgan fingerprint density at radius 2 is 2.50 bits per heavy atom. The van der Waals surface area contributed by atoms with Gasteiger partial charge in [0, 0.05) is 25.2 Å². The maximum atomic E-state index is 9.07. The molecule has 6 nitrogen and oxygen atoms in total. The molecule has 1 unspecified atom stereocenters. The van der Waals surface area contributed by atoms with Gasteiger partial charge in [-0.05, 0) is 6.07 Å². The van der Waals surface area contributed by atoms with Crippen LogP contribution in [0.2, 0.25) is 0 Å². The Morgan fingerprint density at radius 3 is 3.25 bits per heavy atom. The minimum absolute atomic E-state index is 0.0225. The Morgan fingerprint density at radius 1 is 1.62 bits per heavy atom. The Bertz CT molecular complexity index is 347. The first-order valence-corrected chi connectivity index (χ1v) is 5.33. The molecule has 2 rings (SSSR count). The maximum Gasteiger partial charge on any atom is 0.155 e. The van der Waals surface area contributed by atoms with Gasteiger partial charge in [-0.3, -0.25) is 0 Å². The van der Waals surface area contributed by atoms with Crippen molar-refractivity contribution in [2.45, 2.75) is 12.6 Å². The zero-order valence-electron chi connectivity index (χ0n) is 9.04. The van der Waals surface area contributed by atoms with E-state index in [0.717, 1.165) is 17.9 Å². The molecule has 0 amide bonds. The number of morpholine rings is 1. The molecule has 16 heavy (non-hydrogen) atoms. The van der Waals surface area contributed by atoms with Crippen LogP contribution in [-0.2, 0) is 11.3 Å². The fraction of sp³-hybridized carbons (Fsp3) is 0.600. The first-order chi connectivity index (χ1) is 7.85. The molecule has 1 atom stereocenters. The molecule has 3 N–H and O–H groups in total. The molecule has 88 valence electrons. The number of rotatable bonds is 3. The van der Waals surface area contributed by atoms with Crippen molar-refractivity contribution in [1.29, 1.82) is 0 Å². The summed E-state index contributed by atoms with van der Waals surface area (Å²) < 4.78 is 5.38. The highest BCUT2D eigenvalue weighted by Gasteiger charge is 2.22. The van der Waals surface area contributed by atoms with E-state index in [-0.39, 0.29) is 12.7 Å². The van der Waals surface area contributed by atoms with E-state index in [0.29, 0.717) is 19.7 Å². The molecule has 0 bridgehead atoms. The second-order valence-electron chi connectivity index (χ2n) is 3.71. The molecular weight excluding hydrogens is 208 g/mol. The summed E-state index contributed by atoms with van der Waals surface area (Å²) in [7, 11) is 0. The Kier molecular flexibility index (Phi) is 3.66. The Balaban J connectivity index is 2.16. The Hall–Kier alpha value is -1.24. The SMILES string of the molecule is NCc1ccnnc1N1CCOC(CO)C1. The van der Waals surface area contributed by atoms with E-state index < -0.39 is 0 Å². The molecule has 1 saturated heterocycles. The number of nitrogens with zero attached hydrogens (tertiary/aromatic N) is 3. The van der Waals surface area contributed by atoms with Gasteiger partial charge in [-0.2, -0.15) is 5.10 Å². The van der Waals surface area contributed by atoms with E-state index in [2.05, 4.69) is 15.1 Å². The average Bonchev–Trinajstić information content (AvgIpc) is 2.38. The van der Waals surface area contributed by atoms with E-state index in [1.165, 1.54) is 0 Å². The van der Waals surface area contributed by atoms with Crippen molar-refractivity contribution in [3.63, 3.8) is 0 Å². The molecule has 6 heteroatoms. The molecule has 0 aliphatic carbocycles. The normalized spacial score (nSPS) is 21.1. The number of aliphatic hydroxyl groups is 1. The number of ether oxygens (including phenoxy) is 1. The van der Waals surface area contributed by atoms with Crippen LogP contribution in [0.3, 0.4) is 0 Å². The van der Waals surface area contributed by atoms with Crippen molar-refractivity contribution in [2.75, 3.05) is 31.2 Å². The first-order valence-electron chi connectivity index (χ1n) is 5.33. The van der Waals surface area contributed by atoms with E-state index in [9.17, 15) is 0 Å². The predicted octanol–water partition coefficient (Wildman–Crippen LogP) is -0.867. The quantitative estimate of drug-likeness (QED) is 0.694. The zero-order valence-corrected chi connectivity index (χ0v) is 9.04. The molecule has 0 radical (unpaired) electrons. The summed E-state index contributed by atoms with van der Waals surface area (Å²) in [6, 6.07) is 1.87. The molecular formula is C10H16N4O2. The monoisotopic (exact) mass is 224 g/mol. The fourth-order valence-corrected chi connectivity index (χ4v) is 1.80. The van der Waals surface area contributed by atoms with Crippen molar-refractivity contribution < 1.29 is 9.84 Å². The molecule has 2 heterocycles. The number of aromatic nitrogens is 2. The number of hydrogen-bond donors (Lipinski definition) is 2.